The van der Waals surface area contributed by atoms with E-state index in [1.807, 2.05) is 12.1 Å². The number of rotatable bonds is 35. The normalized spacial score (nSPS) is 12.8. The van der Waals surface area contributed by atoms with E-state index in [-0.39, 0.29) is 11.6 Å². The van der Waals surface area contributed by atoms with Crippen molar-refractivity contribution in [3.8, 4) is 0 Å². The van der Waals surface area contributed by atoms with Crippen LogP contribution in [0.4, 0.5) is 0 Å². The number of ketones is 2. The molecule has 322 valence electrons. The fourth-order valence-corrected chi connectivity index (χ4v) is 8.52. The minimum absolute atomic E-state index is 0.206. The van der Waals surface area contributed by atoms with Gasteiger partial charge in [-0.3, -0.25) is 9.59 Å². The van der Waals surface area contributed by atoms with Gasteiger partial charge in [0.15, 0.2) is 11.6 Å². The first-order valence-corrected chi connectivity index (χ1v) is 24.7. The van der Waals surface area contributed by atoms with Crippen LogP contribution in [0.5, 0.6) is 0 Å². The first-order chi connectivity index (χ1) is 28.4. The monoisotopic (exact) mass is 793 g/mol. The second kappa shape index (κ2) is 30.0. The number of benzene rings is 2. The molecular formula is C54H84N2O2. The zero-order valence-electron chi connectivity index (χ0n) is 38.2. The quantitative estimate of drug-likeness (QED) is 0.0396. The van der Waals surface area contributed by atoms with Gasteiger partial charge in [0, 0.05) is 46.7 Å². The Morgan fingerprint density at radius 3 is 1.26 bits per heavy atom. The summed E-state index contributed by atoms with van der Waals surface area (Å²) < 4.78 is 1.39. The molecule has 4 nitrogen and oxygen atoms in total. The van der Waals surface area contributed by atoms with Gasteiger partial charge in [0.25, 0.3) is 0 Å². The third kappa shape index (κ3) is 18.0. The first-order valence-electron chi connectivity index (χ1n) is 24.7. The van der Waals surface area contributed by atoms with Crippen LogP contribution in [0.25, 0.3) is 16.9 Å². The maximum absolute atomic E-state index is 13.8. The number of hydrogen-bond acceptors (Lipinski definition) is 2. The minimum Gasteiger partial charge on any atom is -0.493 e. The van der Waals surface area contributed by atoms with Gasteiger partial charge in [-0.25, -0.2) is 4.70 Å². The molecular weight excluding hydrogens is 709 g/mol. The van der Waals surface area contributed by atoms with E-state index in [0.717, 1.165) is 128 Å². The Balaban J connectivity index is 1.85. The molecule has 0 fully saturated rings. The Morgan fingerprint density at radius 1 is 0.431 bits per heavy atom. The Labute approximate surface area is 356 Å². The molecule has 0 bridgehead atoms. The molecule has 2 aromatic carbocycles. The predicted octanol–water partition coefficient (Wildman–Crippen LogP) is 17.3. The van der Waals surface area contributed by atoms with Gasteiger partial charge in [0.2, 0.25) is 11.4 Å². The highest BCUT2D eigenvalue weighted by Gasteiger charge is 2.30. The largest absolute Gasteiger partial charge is 0.493 e. The maximum Gasteiger partial charge on any atom is 0.210 e. The SMILES string of the molecule is CCCCCCCCCCCC(=O)c1cc(CCCC)cc(C2=CC(CCCCCC)=C(c3cc(CCCC)cc(C(=O)CCCCCCCCCCC)c3)[N+]2=[N-])c1. The van der Waals surface area contributed by atoms with Gasteiger partial charge < -0.3 is 5.53 Å². The molecule has 0 unspecified atom stereocenters. The lowest BCUT2D eigenvalue weighted by Gasteiger charge is -2.14. The summed E-state index contributed by atoms with van der Waals surface area (Å²) >= 11 is 0. The number of Topliss-reactive ketones (excluding diaryl/α,β-unsaturated/α-hetero) is 2. The van der Waals surface area contributed by atoms with Crippen LogP contribution >= 0.6 is 0 Å². The fraction of sp³-hybridized carbons (Fsp3) is 0.667. The Hall–Kier alpha value is -3.14. The van der Waals surface area contributed by atoms with Crippen LogP contribution < -0.4 is 0 Å². The highest BCUT2D eigenvalue weighted by atomic mass is 16.1. The van der Waals surface area contributed by atoms with Gasteiger partial charge >= 0.3 is 0 Å². The summed E-state index contributed by atoms with van der Waals surface area (Å²) in [6, 6.07) is 12.7. The lowest BCUT2D eigenvalue weighted by atomic mass is 9.94. The van der Waals surface area contributed by atoms with E-state index in [1.165, 1.54) is 113 Å². The molecule has 0 aliphatic carbocycles. The summed E-state index contributed by atoms with van der Waals surface area (Å²) in [6.45, 7) is 11.2. The molecule has 2 aromatic rings. The average molecular weight is 793 g/mol. The predicted molar refractivity (Wildman–Crippen MR) is 250 cm³/mol. The molecule has 0 aromatic heterocycles. The Kier molecular flexibility index (Phi) is 25.4. The van der Waals surface area contributed by atoms with Crippen molar-refractivity contribution >= 4 is 23.0 Å². The summed E-state index contributed by atoms with van der Waals surface area (Å²) in [7, 11) is 0. The second-order valence-corrected chi connectivity index (χ2v) is 17.6. The van der Waals surface area contributed by atoms with E-state index in [9.17, 15) is 15.1 Å². The Bertz CT molecular complexity index is 1580. The van der Waals surface area contributed by atoms with Crippen molar-refractivity contribution in [2.24, 2.45) is 0 Å². The van der Waals surface area contributed by atoms with Crippen molar-refractivity contribution in [2.75, 3.05) is 0 Å². The number of carbonyl (C=O) groups excluding carboxylic acids is 2. The second-order valence-electron chi connectivity index (χ2n) is 17.6. The molecule has 1 aliphatic rings. The number of allylic oxidation sites excluding steroid dienone is 2. The minimum atomic E-state index is 0.206. The van der Waals surface area contributed by atoms with Crippen LogP contribution in [0.3, 0.4) is 0 Å². The van der Waals surface area contributed by atoms with Crippen LogP contribution in [-0.4, -0.2) is 16.3 Å². The van der Waals surface area contributed by atoms with Crippen molar-refractivity contribution in [1.82, 2.24) is 0 Å². The van der Waals surface area contributed by atoms with Crippen LogP contribution in [0.2, 0.25) is 0 Å². The van der Waals surface area contributed by atoms with Gasteiger partial charge in [-0.05, 0) is 98.9 Å². The van der Waals surface area contributed by atoms with E-state index < -0.39 is 0 Å². The molecule has 0 radical (unpaired) electrons. The molecule has 3 rings (SSSR count). The summed E-state index contributed by atoms with van der Waals surface area (Å²) in [6.07, 6.45) is 37.0. The maximum atomic E-state index is 13.8. The zero-order valence-corrected chi connectivity index (χ0v) is 38.2. The van der Waals surface area contributed by atoms with Gasteiger partial charge in [-0.2, -0.15) is 0 Å². The lowest BCUT2D eigenvalue weighted by molar-refractivity contribution is -0.344. The molecule has 1 aliphatic heterocycles. The summed E-state index contributed by atoms with van der Waals surface area (Å²) in [5.41, 5.74) is 20.6. The topological polar surface area (TPSA) is 59.5 Å². The summed E-state index contributed by atoms with van der Waals surface area (Å²) in [5, 5.41) is 0. The van der Waals surface area contributed by atoms with E-state index in [4.69, 9.17) is 0 Å². The highest BCUT2D eigenvalue weighted by molar-refractivity contribution is 5.98. The van der Waals surface area contributed by atoms with Crippen molar-refractivity contribution in [3.63, 3.8) is 0 Å². The molecule has 0 amide bonds. The lowest BCUT2D eigenvalue weighted by Crippen LogP contribution is -2.08. The van der Waals surface area contributed by atoms with Crippen molar-refractivity contribution < 1.29 is 14.3 Å². The van der Waals surface area contributed by atoms with Gasteiger partial charge in [-0.1, -0.05) is 169 Å². The molecule has 0 saturated heterocycles. The zero-order chi connectivity index (χ0) is 41.8. The van der Waals surface area contributed by atoms with Crippen molar-refractivity contribution in [3.05, 3.63) is 87.0 Å². The summed E-state index contributed by atoms with van der Waals surface area (Å²) in [5.74, 6) is 0.416. The van der Waals surface area contributed by atoms with Gasteiger partial charge in [0.05, 0.1) is 0 Å². The average Bonchev–Trinajstić information content (AvgIpc) is 3.57. The Morgan fingerprint density at radius 2 is 0.810 bits per heavy atom. The van der Waals surface area contributed by atoms with Crippen molar-refractivity contribution in [1.29, 1.82) is 0 Å². The fourth-order valence-electron chi connectivity index (χ4n) is 8.52. The van der Waals surface area contributed by atoms with Crippen LogP contribution in [-0.2, 0) is 12.8 Å². The van der Waals surface area contributed by atoms with Crippen molar-refractivity contribution in [2.45, 2.75) is 234 Å². The number of hydrogen-bond donors (Lipinski definition) is 0. The van der Waals surface area contributed by atoms with Gasteiger partial charge in [0.1, 0.15) is 0 Å². The molecule has 0 atom stereocenters. The number of aryl methyl sites for hydroxylation is 2. The van der Waals surface area contributed by atoms with Crippen LogP contribution in [0.15, 0.2) is 48.0 Å². The molecule has 58 heavy (non-hydrogen) atoms. The third-order valence-corrected chi connectivity index (χ3v) is 12.2. The molecule has 0 saturated carbocycles. The molecule has 0 spiro atoms. The number of nitrogens with zero attached hydrogens (tertiary/aromatic N) is 2. The van der Waals surface area contributed by atoms with E-state index in [0.29, 0.717) is 12.8 Å². The summed E-state index contributed by atoms with van der Waals surface area (Å²) in [4.78, 5) is 27.5. The number of carbonyl (C=O) groups is 2. The number of unbranched alkanes of at least 4 members (excludes halogenated alkanes) is 21. The van der Waals surface area contributed by atoms with E-state index >= 15 is 0 Å². The standard InChI is InChI=1S/C54H84N2O2/c1-6-11-16-19-21-23-25-27-30-35-52(57)48-38-44(32-14-9-4)37-47(41-48)51-43-46(34-29-18-13-8-3)54(56(51)55)50-40-45(33-15-10-5)39-49(42-50)53(58)36-31-28-26-24-22-20-17-12-7-2/h37-43H,6-36H2,1-5H3. The first kappa shape index (κ1) is 49.2. The van der Waals surface area contributed by atoms with E-state index in [2.05, 4.69) is 65.0 Å². The molecule has 4 heteroatoms. The molecule has 1 heterocycles. The highest BCUT2D eigenvalue weighted by Crippen LogP contribution is 2.39. The van der Waals surface area contributed by atoms with Gasteiger partial charge in [-0.15, -0.1) is 0 Å². The third-order valence-electron chi connectivity index (χ3n) is 12.2. The smallest absolute Gasteiger partial charge is 0.210 e. The van der Waals surface area contributed by atoms with E-state index in [1.54, 1.807) is 0 Å². The molecule has 0 N–H and O–H groups in total. The van der Waals surface area contributed by atoms with Crippen LogP contribution in [0.1, 0.15) is 264 Å². The van der Waals surface area contributed by atoms with Crippen LogP contribution in [0, 0.1) is 0 Å².